The molecule has 4 rings (SSSR count). The normalized spacial score (nSPS) is 16.1. The first kappa shape index (κ1) is 31.7. The average Bonchev–Trinajstić information content (AvgIpc) is 3.00. The van der Waals surface area contributed by atoms with Gasteiger partial charge in [-0.05, 0) is 40.8 Å². The van der Waals surface area contributed by atoms with Crippen LogP contribution in [0.15, 0.2) is 78.9 Å². The fourth-order valence-electron chi connectivity index (χ4n) is 5.17. The number of nitrogens with zero attached hydrogens (tertiary/aromatic N) is 1. The number of phenolic OH excluding ortho intramolecular Hbond substituents is 1. The second kappa shape index (κ2) is 14.3. The maximum Gasteiger partial charge on any atom is 0.305 e. The van der Waals surface area contributed by atoms with Crippen molar-refractivity contribution in [2.75, 3.05) is 0 Å². The molecule has 0 unspecified atom stereocenters. The lowest BCUT2D eigenvalue weighted by molar-refractivity contribution is -0.143. The Bertz CT molecular complexity index is 1510. The van der Waals surface area contributed by atoms with Crippen molar-refractivity contribution in [2.45, 2.75) is 56.4 Å². The van der Waals surface area contributed by atoms with Crippen LogP contribution in [0.25, 0.3) is 0 Å². The van der Waals surface area contributed by atoms with E-state index in [1.165, 1.54) is 17.0 Å². The molecular weight excluding hydrogens is 566 g/mol. The molecule has 1 aliphatic heterocycles. The third kappa shape index (κ3) is 8.19. The molecule has 0 bridgehead atoms. The van der Waals surface area contributed by atoms with Gasteiger partial charge in [0.15, 0.2) is 0 Å². The molecule has 0 saturated carbocycles. The number of hydrogen-bond donors (Lipinski definition) is 6. The number of aromatic hydroxyl groups is 1. The van der Waals surface area contributed by atoms with Gasteiger partial charge in [-0.25, -0.2) is 0 Å². The van der Waals surface area contributed by atoms with E-state index in [2.05, 4.69) is 10.6 Å². The van der Waals surface area contributed by atoms with E-state index < -0.39 is 60.2 Å². The number of phenols is 1. The van der Waals surface area contributed by atoms with Gasteiger partial charge in [-0.1, -0.05) is 66.7 Å². The number of hydrogen-bond acceptors (Lipinski definition) is 7. The quantitative estimate of drug-likeness (QED) is 0.171. The summed E-state index contributed by atoms with van der Waals surface area (Å²) in [6.07, 6.45) is -0.368. The molecule has 0 fully saturated rings. The van der Waals surface area contributed by atoms with Crippen molar-refractivity contribution in [1.29, 1.82) is 0 Å². The molecular formula is C32H35N5O7. The molecule has 1 aliphatic rings. The summed E-state index contributed by atoms with van der Waals surface area (Å²) in [6, 6.07) is 17.8. The van der Waals surface area contributed by atoms with Crippen LogP contribution in [0, 0.1) is 0 Å². The summed E-state index contributed by atoms with van der Waals surface area (Å²) in [5, 5.41) is 23.8. The molecule has 12 heteroatoms. The first-order valence-electron chi connectivity index (χ1n) is 14.1. The van der Waals surface area contributed by atoms with Gasteiger partial charge in [0.05, 0.1) is 12.5 Å². The van der Waals surface area contributed by atoms with E-state index in [0.717, 1.165) is 16.7 Å². The largest absolute Gasteiger partial charge is 0.508 e. The highest BCUT2D eigenvalue weighted by atomic mass is 16.4. The molecule has 8 N–H and O–H groups in total. The number of benzene rings is 3. The minimum absolute atomic E-state index is 0.0224. The number of primary amides is 1. The van der Waals surface area contributed by atoms with E-state index in [1.807, 2.05) is 24.3 Å². The Labute approximate surface area is 254 Å². The molecule has 0 saturated heterocycles. The SMILES string of the molecule is NC(=O)[C@H](CC(=O)O)NC(=O)[C@H](Cc1ccccc1)NC(=O)[C@@H]1Cc2ccccc2CN1C(=O)[C@@H](N)Cc1ccc(O)cc1. The van der Waals surface area contributed by atoms with Gasteiger partial charge in [-0.15, -0.1) is 0 Å². The molecule has 1 heterocycles. The zero-order valence-electron chi connectivity index (χ0n) is 23.9. The fourth-order valence-corrected chi connectivity index (χ4v) is 5.17. The zero-order chi connectivity index (χ0) is 31.8. The van der Waals surface area contributed by atoms with Crippen molar-refractivity contribution in [3.63, 3.8) is 0 Å². The van der Waals surface area contributed by atoms with Gasteiger partial charge in [0.1, 0.15) is 23.9 Å². The van der Waals surface area contributed by atoms with Crippen LogP contribution in [0.2, 0.25) is 0 Å². The Kier molecular flexibility index (Phi) is 10.3. The molecule has 12 nitrogen and oxygen atoms in total. The van der Waals surface area contributed by atoms with E-state index in [4.69, 9.17) is 16.6 Å². The van der Waals surface area contributed by atoms with Crippen LogP contribution in [0.5, 0.6) is 5.75 Å². The lowest BCUT2D eigenvalue weighted by Crippen LogP contribution is -2.60. The number of carbonyl (C=O) groups excluding carboxylic acids is 4. The van der Waals surface area contributed by atoms with Gasteiger partial charge in [0.25, 0.3) is 0 Å². The minimum Gasteiger partial charge on any atom is -0.508 e. The van der Waals surface area contributed by atoms with Crippen molar-refractivity contribution in [1.82, 2.24) is 15.5 Å². The number of aliphatic carboxylic acids is 1. The Morgan fingerprint density at radius 3 is 2.07 bits per heavy atom. The van der Waals surface area contributed by atoms with E-state index in [-0.39, 0.29) is 31.6 Å². The van der Waals surface area contributed by atoms with Crippen molar-refractivity contribution in [2.24, 2.45) is 11.5 Å². The molecule has 4 atom stereocenters. The summed E-state index contributed by atoms with van der Waals surface area (Å²) < 4.78 is 0. The fraction of sp³-hybridized carbons (Fsp3) is 0.281. The van der Waals surface area contributed by atoms with Gasteiger partial charge >= 0.3 is 5.97 Å². The number of rotatable bonds is 12. The van der Waals surface area contributed by atoms with Crippen LogP contribution >= 0.6 is 0 Å². The van der Waals surface area contributed by atoms with Crippen LogP contribution in [0.4, 0.5) is 0 Å². The second-order valence-corrected chi connectivity index (χ2v) is 10.7. The first-order valence-corrected chi connectivity index (χ1v) is 14.1. The summed E-state index contributed by atoms with van der Waals surface area (Å²) in [6.45, 7) is 0.119. The summed E-state index contributed by atoms with van der Waals surface area (Å²) >= 11 is 0. The molecule has 0 radical (unpaired) electrons. The van der Waals surface area contributed by atoms with Crippen LogP contribution in [-0.4, -0.2) is 68.9 Å². The van der Waals surface area contributed by atoms with Crippen LogP contribution in [0.1, 0.15) is 28.7 Å². The molecule has 0 aliphatic carbocycles. The monoisotopic (exact) mass is 601 g/mol. The van der Waals surface area contributed by atoms with Crippen molar-refractivity contribution in [3.05, 3.63) is 101 Å². The van der Waals surface area contributed by atoms with E-state index >= 15 is 0 Å². The van der Waals surface area contributed by atoms with Gasteiger partial charge < -0.3 is 37.2 Å². The maximum absolute atomic E-state index is 13.9. The van der Waals surface area contributed by atoms with Gasteiger partial charge in [0, 0.05) is 19.4 Å². The summed E-state index contributed by atoms with van der Waals surface area (Å²) in [7, 11) is 0. The molecule has 4 amide bonds. The highest BCUT2D eigenvalue weighted by molar-refractivity contribution is 5.96. The molecule has 3 aromatic carbocycles. The molecule has 0 spiro atoms. The average molecular weight is 602 g/mol. The number of amides is 4. The Morgan fingerprint density at radius 1 is 0.818 bits per heavy atom. The third-order valence-electron chi connectivity index (χ3n) is 7.50. The van der Waals surface area contributed by atoms with Crippen molar-refractivity contribution in [3.8, 4) is 5.75 Å². The minimum atomic E-state index is -1.49. The lowest BCUT2D eigenvalue weighted by atomic mass is 9.92. The Balaban J connectivity index is 1.59. The molecule has 230 valence electrons. The Morgan fingerprint density at radius 2 is 1.43 bits per heavy atom. The smallest absolute Gasteiger partial charge is 0.305 e. The number of nitrogens with two attached hydrogens (primary N) is 2. The summed E-state index contributed by atoms with van der Waals surface area (Å²) in [5.41, 5.74) is 14.8. The van der Waals surface area contributed by atoms with Gasteiger partial charge in [-0.2, -0.15) is 0 Å². The first-order chi connectivity index (χ1) is 21.0. The summed E-state index contributed by atoms with van der Waals surface area (Å²) in [5.74, 6) is -4.17. The van der Waals surface area contributed by atoms with Crippen molar-refractivity contribution >= 4 is 29.6 Å². The van der Waals surface area contributed by atoms with E-state index in [0.29, 0.717) is 5.56 Å². The van der Waals surface area contributed by atoms with Crippen LogP contribution in [-0.2, 0) is 49.8 Å². The highest BCUT2D eigenvalue weighted by Crippen LogP contribution is 2.25. The molecule has 3 aromatic rings. The van der Waals surface area contributed by atoms with Gasteiger partial charge in [0.2, 0.25) is 23.6 Å². The van der Waals surface area contributed by atoms with E-state index in [9.17, 15) is 29.1 Å². The predicted octanol–water partition coefficient (Wildman–Crippen LogP) is 0.388. The topological polar surface area (TPSA) is 205 Å². The molecule has 44 heavy (non-hydrogen) atoms. The van der Waals surface area contributed by atoms with Crippen molar-refractivity contribution < 1.29 is 34.2 Å². The predicted molar refractivity (Wildman–Crippen MR) is 160 cm³/mol. The van der Waals surface area contributed by atoms with E-state index in [1.54, 1.807) is 42.5 Å². The number of carbonyl (C=O) groups is 5. The third-order valence-corrected chi connectivity index (χ3v) is 7.50. The number of nitrogens with one attached hydrogen (secondary N) is 2. The summed E-state index contributed by atoms with van der Waals surface area (Å²) in [4.78, 5) is 65.5. The standard InChI is InChI=1S/C32H35N5O7/c33-24(14-20-10-12-23(38)13-11-20)32(44)37-18-22-9-5-4-8-21(22)16-27(37)31(43)36-26(15-19-6-2-1-3-7-19)30(42)35-25(29(34)41)17-28(39)40/h1-13,24-27,38H,14-18,33H2,(H2,34,41)(H,35,42)(H,36,43)(H,39,40)/t24-,25-,26-,27-/m0/s1. The van der Waals surface area contributed by atoms with Crippen LogP contribution < -0.4 is 22.1 Å². The highest BCUT2D eigenvalue weighted by Gasteiger charge is 2.38. The second-order valence-electron chi connectivity index (χ2n) is 10.7. The van der Waals surface area contributed by atoms with Crippen LogP contribution in [0.3, 0.4) is 0 Å². The molecule has 0 aromatic heterocycles. The lowest BCUT2D eigenvalue weighted by Gasteiger charge is -2.38. The van der Waals surface area contributed by atoms with Gasteiger partial charge in [-0.3, -0.25) is 24.0 Å². The number of fused-ring (bicyclic) bond motifs is 1. The number of carboxylic acids is 1. The maximum atomic E-state index is 13.9. The zero-order valence-corrected chi connectivity index (χ0v) is 23.9. The number of carboxylic acid groups (broad SMARTS) is 1. The Hall–Kier alpha value is -5.23.